The fourth-order valence-corrected chi connectivity index (χ4v) is 2.12. The predicted molar refractivity (Wildman–Crippen MR) is 70.7 cm³/mol. The molecule has 0 spiro atoms. The molecule has 7 heteroatoms. The smallest absolute Gasteiger partial charge is 0.324 e. The van der Waals surface area contributed by atoms with Gasteiger partial charge in [-0.2, -0.15) is 13.2 Å². The van der Waals surface area contributed by atoms with E-state index in [0.29, 0.717) is 6.42 Å². The van der Waals surface area contributed by atoms with E-state index in [1.165, 1.54) is 17.0 Å². The van der Waals surface area contributed by atoms with Gasteiger partial charge in [-0.05, 0) is 25.5 Å². The lowest BCUT2D eigenvalue weighted by Gasteiger charge is -2.24. The highest BCUT2D eigenvalue weighted by Gasteiger charge is 2.30. The van der Waals surface area contributed by atoms with Crippen LogP contribution in [0.2, 0.25) is 0 Å². The second-order valence-corrected chi connectivity index (χ2v) is 4.93. The summed E-state index contributed by atoms with van der Waals surface area (Å²) < 4.78 is 63.9. The fourth-order valence-electron chi connectivity index (χ4n) is 2.12. The van der Waals surface area contributed by atoms with Crippen LogP contribution >= 0.6 is 0 Å². The lowest BCUT2D eigenvalue weighted by atomic mass is 10.0. The molecule has 0 aliphatic heterocycles. The Kier molecular flexibility index (Phi) is 6.54. The van der Waals surface area contributed by atoms with Crippen molar-refractivity contribution >= 4 is 0 Å². The van der Waals surface area contributed by atoms with Crippen LogP contribution in [-0.4, -0.2) is 30.7 Å². The quantitative estimate of drug-likeness (QED) is 0.779. The zero-order chi connectivity index (χ0) is 16.0. The third kappa shape index (κ3) is 5.97. The molecule has 0 heterocycles. The molecule has 0 radical (unpaired) electrons. The largest absolute Gasteiger partial charge is 0.401 e. The lowest BCUT2D eigenvalue weighted by Crippen LogP contribution is -2.36. The average molecular weight is 310 g/mol. The van der Waals surface area contributed by atoms with E-state index in [0.717, 1.165) is 6.07 Å². The highest BCUT2D eigenvalue weighted by atomic mass is 19.4. The molecule has 0 aromatic heterocycles. The molecule has 0 aliphatic rings. The molecule has 0 saturated carbocycles. The monoisotopic (exact) mass is 310 g/mol. The first-order chi connectivity index (χ1) is 9.74. The van der Waals surface area contributed by atoms with Crippen molar-refractivity contribution in [2.45, 2.75) is 32.0 Å². The Labute approximate surface area is 120 Å². The first-order valence-electron chi connectivity index (χ1n) is 6.73. The number of alkyl halides is 3. The van der Waals surface area contributed by atoms with E-state index in [4.69, 9.17) is 5.73 Å². The van der Waals surface area contributed by atoms with E-state index >= 15 is 0 Å². The van der Waals surface area contributed by atoms with Crippen LogP contribution in [-0.2, 0) is 0 Å². The van der Waals surface area contributed by atoms with Crippen LogP contribution in [0.25, 0.3) is 0 Å². The Morgan fingerprint density at radius 1 is 1.19 bits per heavy atom. The Balaban J connectivity index is 2.64. The molecule has 0 amide bonds. The van der Waals surface area contributed by atoms with Gasteiger partial charge in [0.25, 0.3) is 0 Å². The number of benzene rings is 1. The maximum Gasteiger partial charge on any atom is 0.401 e. The van der Waals surface area contributed by atoms with Gasteiger partial charge in [-0.25, -0.2) is 8.78 Å². The van der Waals surface area contributed by atoms with E-state index in [9.17, 15) is 22.0 Å². The molecule has 1 rings (SSSR count). The summed E-state index contributed by atoms with van der Waals surface area (Å²) in [7, 11) is 0. The van der Waals surface area contributed by atoms with Crippen LogP contribution < -0.4 is 5.73 Å². The minimum atomic E-state index is -4.29. The number of nitrogens with zero attached hydrogens (tertiary/aromatic N) is 1. The molecule has 1 aromatic rings. The molecule has 0 fully saturated rings. The predicted octanol–water partition coefficient (Wildman–Crippen LogP) is 3.63. The van der Waals surface area contributed by atoms with Crippen molar-refractivity contribution in [2.24, 2.45) is 5.73 Å². The second kappa shape index (κ2) is 7.70. The maximum absolute atomic E-state index is 13.5. The van der Waals surface area contributed by atoms with Crippen LogP contribution in [0.5, 0.6) is 0 Å². The zero-order valence-corrected chi connectivity index (χ0v) is 11.8. The Morgan fingerprint density at radius 3 is 2.43 bits per heavy atom. The third-order valence-electron chi connectivity index (χ3n) is 3.08. The van der Waals surface area contributed by atoms with Gasteiger partial charge in [0, 0.05) is 18.2 Å². The molecule has 1 aromatic carbocycles. The number of hydrogen-bond donors (Lipinski definition) is 1. The van der Waals surface area contributed by atoms with E-state index in [-0.39, 0.29) is 25.1 Å². The van der Waals surface area contributed by atoms with Crippen molar-refractivity contribution in [3.63, 3.8) is 0 Å². The van der Waals surface area contributed by atoms with Gasteiger partial charge in [0.05, 0.1) is 6.54 Å². The number of halogens is 5. The Bertz CT molecular complexity index is 447. The molecule has 0 aliphatic carbocycles. The SMILES string of the molecule is CCCN(CCC(N)c1cccc(F)c1F)CC(F)(F)F. The van der Waals surface area contributed by atoms with Crippen LogP contribution in [0.15, 0.2) is 18.2 Å². The molecular weight excluding hydrogens is 291 g/mol. The maximum atomic E-state index is 13.5. The summed E-state index contributed by atoms with van der Waals surface area (Å²) in [5.41, 5.74) is 5.74. The first-order valence-corrected chi connectivity index (χ1v) is 6.73. The molecule has 120 valence electrons. The first kappa shape index (κ1) is 17.8. The van der Waals surface area contributed by atoms with Gasteiger partial charge in [0.15, 0.2) is 11.6 Å². The van der Waals surface area contributed by atoms with Crippen LogP contribution in [0.4, 0.5) is 22.0 Å². The van der Waals surface area contributed by atoms with Crippen molar-refractivity contribution in [1.29, 1.82) is 0 Å². The highest BCUT2D eigenvalue weighted by Crippen LogP contribution is 2.22. The van der Waals surface area contributed by atoms with Gasteiger partial charge in [0.2, 0.25) is 0 Å². The van der Waals surface area contributed by atoms with Crippen LogP contribution in [0.1, 0.15) is 31.4 Å². The average Bonchev–Trinajstić information content (AvgIpc) is 2.37. The Hall–Kier alpha value is -1.21. The second-order valence-electron chi connectivity index (χ2n) is 4.93. The number of rotatable bonds is 7. The Morgan fingerprint density at radius 2 is 1.86 bits per heavy atom. The minimum Gasteiger partial charge on any atom is -0.324 e. The third-order valence-corrected chi connectivity index (χ3v) is 3.08. The topological polar surface area (TPSA) is 29.3 Å². The molecular formula is C14H19F5N2. The van der Waals surface area contributed by atoms with Crippen molar-refractivity contribution in [1.82, 2.24) is 4.90 Å². The van der Waals surface area contributed by atoms with E-state index < -0.39 is 30.4 Å². The molecule has 2 nitrogen and oxygen atoms in total. The molecule has 0 saturated heterocycles. The number of nitrogens with two attached hydrogens (primary N) is 1. The van der Waals surface area contributed by atoms with Gasteiger partial charge in [0.1, 0.15) is 0 Å². The fraction of sp³-hybridized carbons (Fsp3) is 0.571. The van der Waals surface area contributed by atoms with Crippen molar-refractivity contribution < 1.29 is 22.0 Å². The summed E-state index contributed by atoms with van der Waals surface area (Å²) in [4.78, 5) is 1.22. The highest BCUT2D eigenvalue weighted by molar-refractivity contribution is 5.22. The van der Waals surface area contributed by atoms with E-state index in [2.05, 4.69) is 0 Å². The van der Waals surface area contributed by atoms with Gasteiger partial charge in [-0.3, -0.25) is 4.90 Å². The standard InChI is InChI=1S/C14H19F5N2/c1-2-7-21(9-14(17,18)19)8-6-12(20)10-4-3-5-11(15)13(10)16/h3-5,12H,2,6-9,20H2,1H3. The summed E-state index contributed by atoms with van der Waals surface area (Å²) in [5.74, 6) is -2.05. The summed E-state index contributed by atoms with van der Waals surface area (Å²) in [6.45, 7) is 1.09. The van der Waals surface area contributed by atoms with Gasteiger partial charge >= 0.3 is 6.18 Å². The summed E-state index contributed by atoms with van der Waals surface area (Å²) in [6, 6.07) is 2.80. The summed E-state index contributed by atoms with van der Waals surface area (Å²) in [6.07, 6.45) is -3.60. The molecule has 1 atom stereocenters. The molecule has 1 unspecified atom stereocenters. The normalized spacial score (nSPS) is 13.7. The summed E-state index contributed by atoms with van der Waals surface area (Å²) in [5, 5.41) is 0. The lowest BCUT2D eigenvalue weighted by molar-refractivity contribution is -0.146. The van der Waals surface area contributed by atoms with Crippen LogP contribution in [0.3, 0.4) is 0 Å². The van der Waals surface area contributed by atoms with Crippen molar-refractivity contribution in [3.05, 3.63) is 35.4 Å². The van der Waals surface area contributed by atoms with Gasteiger partial charge < -0.3 is 5.73 Å². The molecule has 21 heavy (non-hydrogen) atoms. The van der Waals surface area contributed by atoms with Gasteiger partial charge in [-0.1, -0.05) is 19.1 Å². The van der Waals surface area contributed by atoms with Crippen molar-refractivity contribution in [2.75, 3.05) is 19.6 Å². The van der Waals surface area contributed by atoms with E-state index in [1.807, 2.05) is 0 Å². The van der Waals surface area contributed by atoms with Gasteiger partial charge in [-0.15, -0.1) is 0 Å². The van der Waals surface area contributed by atoms with E-state index in [1.54, 1.807) is 6.92 Å². The zero-order valence-electron chi connectivity index (χ0n) is 11.8. The molecule has 2 N–H and O–H groups in total. The molecule has 0 bridgehead atoms. The minimum absolute atomic E-state index is 0.0153. The van der Waals surface area contributed by atoms with Crippen molar-refractivity contribution in [3.8, 4) is 0 Å². The summed E-state index contributed by atoms with van der Waals surface area (Å²) >= 11 is 0. The number of hydrogen-bond acceptors (Lipinski definition) is 2. The van der Waals surface area contributed by atoms with Crippen LogP contribution in [0, 0.1) is 11.6 Å².